The highest BCUT2D eigenvalue weighted by Crippen LogP contribution is 2.18. The number of hydrogen-bond acceptors (Lipinski definition) is 3. The number of nitrogens with two attached hydrogens (primary N) is 2. The fourth-order valence-electron chi connectivity index (χ4n) is 1.46. The Morgan fingerprint density at radius 1 is 1.00 bits per heavy atom. The second-order valence-electron chi connectivity index (χ2n) is 3.40. The van der Waals surface area contributed by atoms with E-state index in [0.29, 0.717) is 0 Å². The van der Waals surface area contributed by atoms with Crippen LogP contribution in [0.1, 0.15) is 5.56 Å². The number of carboxylic acid groups (broad SMARTS) is 1. The number of aliphatic carboxylic acids is 1. The lowest BCUT2D eigenvalue weighted by molar-refractivity contribution is -0.146. The molecule has 8 heteroatoms. The van der Waals surface area contributed by atoms with Crippen LogP contribution in [0.25, 0.3) is 0 Å². The van der Waals surface area contributed by atoms with Crippen molar-refractivity contribution >= 4 is 18.0 Å². The first-order chi connectivity index (χ1) is 8.38. The van der Waals surface area contributed by atoms with Gasteiger partial charge in [0.05, 0.1) is 0 Å². The topological polar surface area (TPSA) is 148 Å². The smallest absolute Gasteiger partial charge is 0.355 e. The zero-order valence-corrected chi connectivity index (χ0v) is 9.21. The van der Waals surface area contributed by atoms with E-state index in [1.807, 2.05) is 10.6 Å². The van der Waals surface area contributed by atoms with Crippen LogP contribution in [-0.4, -0.2) is 23.1 Å². The Balaban J connectivity index is 3.33. The predicted octanol–water partition coefficient (Wildman–Crippen LogP) is -0.739. The lowest BCUT2D eigenvalue weighted by Gasteiger charge is -2.30. The third kappa shape index (κ3) is 2.67. The second-order valence-corrected chi connectivity index (χ2v) is 3.40. The minimum Gasteiger partial charge on any atom is -0.478 e. The summed E-state index contributed by atoms with van der Waals surface area (Å²) >= 11 is 0. The first-order valence-corrected chi connectivity index (χ1v) is 4.82. The van der Waals surface area contributed by atoms with Gasteiger partial charge >= 0.3 is 18.0 Å². The van der Waals surface area contributed by atoms with Crippen molar-refractivity contribution in [3.8, 4) is 0 Å². The van der Waals surface area contributed by atoms with Crippen LogP contribution >= 0.6 is 0 Å². The molecule has 0 atom stereocenters. The van der Waals surface area contributed by atoms with Crippen LogP contribution in [0, 0.1) is 0 Å². The Morgan fingerprint density at radius 2 is 1.44 bits per heavy atom. The summed E-state index contributed by atoms with van der Waals surface area (Å²) in [6.45, 7) is 0. The summed E-state index contributed by atoms with van der Waals surface area (Å²) in [7, 11) is 0. The van der Waals surface area contributed by atoms with Gasteiger partial charge in [0.25, 0.3) is 0 Å². The van der Waals surface area contributed by atoms with Gasteiger partial charge in [0.2, 0.25) is 5.66 Å². The SMILES string of the molecule is NC(=O)NC(NC(N)=O)(C(=O)O)c1ccccc1. The minimum atomic E-state index is -2.20. The van der Waals surface area contributed by atoms with E-state index in [0.717, 1.165) is 0 Å². The molecule has 4 amide bonds. The van der Waals surface area contributed by atoms with E-state index in [1.54, 1.807) is 18.2 Å². The van der Waals surface area contributed by atoms with Gasteiger partial charge in [-0.1, -0.05) is 30.3 Å². The summed E-state index contributed by atoms with van der Waals surface area (Å²) in [6, 6.07) is 5.30. The Morgan fingerprint density at radius 3 is 1.78 bits per heavy atom. The van der Waals surface area contributed by atoms with Gasteiger partial charge in [0.15, 0.2) is 0 Å². The summed E-state index contributed by atoms with van der Waals surface area (Å²) in [6.07, 6.45) is 0. The van der Waals surface area contributed by atoms with Crippen molar-refractivity contribution < 1.29 is 19.5 Å². The molecule has 7 N–H and O–H groups in total. The van der Waals surface area contributed by atoms with Crippen molar-refractivity contribution in [3.05, 3.63) is 35.9 Å². The molecular weight excluding hydrogens is 240 g/mol. The Kier molecular flexibility index (Phi) is 3.72. The Hall–Kier alpha value is -2.77. The van der Waals surface area contributed by atoms with Crippen LogP contribution in [0.4, 0.5) is 9.59 Å². The third-order valence-electron chi connectivity index (χ3n) is 2.15. The van der Waals surface area contributed by atoms with Crippen LogP contribution in [0.5, 0.6) is 0 Å². The van der Waals surface area contributed by atoms with E-state index in [4.69, 9.17) is 11.5 Å². The Bertz CT molecular complexity index is 458. The molecule has 1 rings (SSSR count). The fourth-order valence-corrected chi connectivity index (χ4v) is 1.46. The van der Waals surface area contributed by atoms with Crippen LogP contribution in [0.15, 0.2) is 30.3 Å². The maximum absolute atomic E-state index is 11.4. The number of carbonyl (C=O) groups is 3. The molecule has 0 bridgehead atoms. The van der Waals surface area contributed by atoms with Crippen LogP contribution in [-0.2, 0) is 10.5 Å². The standard InChI is InChI=1S/C10H12N4O4/c11-8(17)13-10(7(15)16,14-9(12)18)6-4-2-1-3-5-6/h1-5H,(H,15,16)(H3,11,13,17)(H3,12,14,18). The summed E-state index contributed by atoms with van der Waals surface area (Å²) in [4.78, 5) is 33.2. The molecule has 1 aromatic carbocycles. The molecule has 96 valence electrons. The van der Waals surface area contributed by atoms with Gasteiger partial charge in [0.1, 0.15) is 0 Å². The number of amides is 4. The van der Waals surface area contributed by atoms with Crippen molar-refractivity contribution in [1.29, 1.82) is 0 Å². The van der Waals surface area contributed by atoms with E-state index < -0.39 is 23.7 Å². The zero-order chi connectivity index (χ0) is 13.8. The first-order valence-electron chi connectivity index (χ1n) is 4.82. The van der Waals surface area contributed by atoms with Gasteiger partial charge in [-0.25, -0.2) is 14.4 Å². The number of hydrogen-bond donors (Lipinski definition) is 5. The number of carbonyl (C=O) groups excluding carboxylic acids is 2. The minimum absolute atomic E-state index is 0.107. The maximum atomic E-state index is 11.4. The van der Waals surface area contributed by atoms with E-state index in [1.165, 1.54) is 12.1 Å². The molecule has 0 fully saturated rings. The molecule has 0 unspecified atom stereocenters. The number of carboxylic acids is 1. The van der Waals surface area contributed by atoms with Crippen LogP contribution in [0.2, 0.25) is 0 Å². The monoisotopic (exact) mass is 252 g/mol. The molecule has 0 saturated carbocycles. The maximum Gasteiger partial charge on any atom is 0.355 e. The predicted molar refractivity (Wildman–Crippen MR) is 61.2 cm³/mol. The molecule has 0 spiro atoms. The van der Waals surface area contributed by atoms with Gasteiger partial charge in [-0.15, -0.1) is 0 Å². The van der Waals surface area contributed by atoms with Crippen molar-refractivity contribution in [2.24, 2.45) is 11.5 Å². The molecule has 18 heavy (non-hydrogen) atoms. The zero-order valence-electron chi connectivity index (χ0n) is 9.21. The molecular formula is C10H12N4O4. The fraction of sp³-hybridized carbons (Fsp3) is 0.100. The molecule has 8 nitrogen and oxygen atoms in total. The third-order valence-corrected chi connectivity index (χ3v) is 2.15. The number of rotatable bonds is 4. The summed E-state index contributed by atoms with van der Waals surface area (Å²) in [5, 5.41) is 13.2. The lowest BCUT2D eigenvalue weighted by Crippen LogP contribution is -2.64. The lowest BCUT2D eigenvalue weighted by atomic mass is 9.99. The van der Waals surface area contributed by atoms with Crippen LogP contribution in [0.3, 0.4) is 0 Å². The summed E-state index contributed by atoms with van der Waals surface area (Å²) in [5.41, 5.74) is 7.76. The van der Waals surface area contributed by atoms with E-state index in [2.05, 4.69) is 0 Å². The Labute approximate surface area is 102 Å². The van der Waals surface area contributed by atoms with Crippen molar-refractivity contribution in [1.82, 2.24) is 10.6 Å². The van der Waals surface area contributed by atoms with E-state index in [9.17, 15) is 19.5 Å². The highest BCUT2D eigenvalue weighted by atomic mass is 16.4. The van der Waals surface area contributed by atoms with Crippen molar-refractivity contribution in [2.75, 3.05) is 0 Å². The van der Waals surface area contributed by atoms with E-state index >= 15 is 0 Å². The average molecular weight is 252 g/mol. The van der Waals surface area contributed by atoms with Crippen LogP contribution < -0.4 is 22.1 Å². The highest BCUT2D eigenvalue weighted by Gasteiger charge is 2.43. The normalized spacial score (nSPS) is 10.4. The number of nitrogens with one attached hydrogen (secondary N) is 2. The first kappa shape index (κ1) is 13.3. The summed E-state index contributed by atoms with van der Waals surface area (Å²) < 4.78 is 0. The van der Waals surface area contributed by atoms with Gasteiger partial charge in [-0.2, -0.15) is 0 Å². The van der Waals surface area contributed by atoms with E-state index in [-0.39, 0.29) is 5.56 Å². The van der Waals surface area contributed by atoms with Gasteiger partial charge in [-0.3, -0.25) is 0 Å². The number of primary amides is 2. The molecule has 0 heterocycles. The second kappa shape index (κ2) is 5.04. The molecule has 0 aromatic heterocycles. The number of benzene rings is 1. The molecule has 0 aliphatic rings. The largest absolute Gasteiger partial charge is 0.478 e. The molecule has 0 radical (unpaired) electrons. The van der Waals surface area contributed by atoms with Crippen molar-refractivity contribution in [3.63, 3.8) is 0 Å². The molecule has 0 aliphatic carbocycles. The summed E-state index contributed by atoms with van der Waals surface area (Å²) in [5.74, 6) is -1.52. The van der Waals surface area contributed by atoms with Gasteiger partial charge in [0, 0.05) is 5.56 Å². The number of urea groups is 2. The van der Waals surface area contributed by atoms with Gasteiger partial charge < -0.3 is 27.2 Å². The highest BCUT2D eigenvalue weighted by molar-refractivity contribution is 5.90. The van der Waals surface area contributed by atoms with Crippen molar-refractivity contribution in [2.45, 2.75) is 5.66 Å². The average Bonchev–Trinajstić information content (AvgIpc) is 2.27. The van der Waals surface area contributed by atoms with Gasteiger partial charge in [-0.05, 0) is 0 Å². The molecule has 1 aromatic rings. The molecule has 0 saturated heterocycles. The molecule has 0 aliphatic heterocycles. The quantitative estimate of drug-likeness (QED) is 0.449.